The fourth-order valence-corrected chi connectivity index (χ4v) is 3.34. The number of carbonyl (C=O) groups is 1. The number of hydrogen-bond acceptors (Lipinski definition) is 5. The van der Waals surface area contributed by atoms with Gasteiger partial charge in [-0.1, -0.05) is 29.8 Å². The number of anilines is 1. The third kappa shape index (κ3) is 6.07. The van der Waals surface area contributed by atoms with Crippen LogP contribution in [-0.2, 0) is 11.3 Å². The van der Waals surface area contributed by atoms with Gasteiger partial charge in [0, 0.05) is 29.2 Å². The molecule has 0 aliphatic heterocycles. The molecule has 0 atom stereocenters. The number of hydrogen-bond donors (Lipinski definition) is 1. The lowest BCUT2D eigenvalue weighted by atomic mass is 10.2. The zero-order valence-electron chi connectivity index (χ0n) is 17.7. The van der Waals surface area contributed by atoms with Crippen LogP contribution in [0, 0.1) is 0 Å². The second-order valence-electron chi connectivity index (χ2n) is 7.06. The van der Waals surface area contributed by atoms with Crippen LogP contribution in [0.5, 0.6) is 11.5 Å². The Bertz CT molecular complexity index is 1110. The summed E-state index contributed by atoms with van der Waals surface area (Å²) >= 11 is 3.37. The molecule has 8 heteroatoms. The van der Waals surface area contributed by atoms with Crippen molar-refractivity contribution in [3.05, 3.63) is 57.6 Å². The minimum atomic E-state index is -0.204. The van der Waals surface area contributed by atoms with Crippen LogP contribution in [0.4, 0.5) is 5.69 Å². The van der Waals surface area contributed by atoms with Crippen molar-refractivity contribution in [1.82, 2.24) is 9.55 Å². The van der Waals surface area contributed by atoms with E-state index in [2.05, 4.69) is 26.2 Å². The van der Waals surface area contributed by atoms with Crippen molar-refractivity contribution < 1.29 is 14.3 Å². The second kappa shape index (κ2) is 10.9. The molecule has 0 aliphatic carbocycles. The predicted molar refractivity (Wildman–Crippen MR) is 125 cm³/mol. The largest absolute Gasteiger partial charge is 0.490 e. The number of carbonyl (C=O) groups excluding carboxylic acids is 1. The van der Waals surface area contributed by atoms with E-state index >= 15 is 0 Å². The average Bonchev–Trinajstić information content (AvgIpc) is 2.77. The lowest BCUT2D eigenvalue weighted by Gasteiger charge is -2.14. The van der Waals surface area contributed by atoms with Crippen molar-refractivity contribution in [2.75, 3.05) is 18.5 Å². The Balaban J connectivity index is 1.67. The highest BCUT2D eigenvalue weighted by atomic mass is 79.9. The Morgan fingerprint density at radius 2 is 1.81 bits per heavy atom. The fourth-order valence-electron chi connectivity index (χ4n) is 2.98. The SMILES string of the molecule is CCCOc1ccc(NC(=O)CCn2cnc3ccc(Br)cc3c2=O)cc1OCCC. The standard InChI is InChI=1S/C23H26BrN3O4/c1-3-11-30-20-8-6-17(14-21(20)31-12-4-2)26-22(28)9-10-27-15-25-19-7-5-16(24)13-18(19)23(27)29/h5-8,13-15H,3-4,9-12H2,1-2H3,(H,26,28). The third-order valence-corrected chi connectivity index (χ3v) is 5.01. The van der Waals surface area contributed by atoms with E-state index < -0.39 is 0 Å². The quantitative estimate of drug-likeness (QED) is 0.445. The summed E-state index contributed by atoms with van der Waals surface area (Å²) in [7, 11) is 0. The van der Waals surface area contributed by atoms with Crippen molar-refractivity contribution in [1.29, 1.82) is 0 Å². The number of aromatic nitrogens is 2. The van der Waals surface area contributed by atoms with E-state index in [-0.39, 0.29) is 24.4 Å². The molecule has 0 spiro atoms. The monoisotopic (exact) mass is 487 g/mol. The normalized spacial score (nSPS) is 10.8. The average molecular weight is 488 g/mol. The molecular weight excluding hydrogens is 462 g/mol. The van der Waals surface area contributed by atoms with Gasteiger partial charge in [-0.3, -0.25) is 14.2 Å². The van der Waals surface area contributed by atoms with Gasteiger partial charge in [0.05, 0.1) is 30.4 Å². The Labute approximate surface area is 189 Å². The highest BCUT2D eigenvalue weighted by Gasteiger charge is 2.11. The molecule has 3 rings (SSSR count). The number of halogens is 1. The first kappa shape index (κ1) is 22.8. The third-order valence-electron chi connectivity index (χ3n) is 4.52. The summed E-state index contributed by atoms with van der Waals surface area (Å²) in [6, 6.07) is 10.7. The van der Waals surface area contributed by atoms with Gasteiger partial charge >= 0.3 is 0 Å². The molecule has 0 unspecified atom stereocenters. The van der Waals surface area contributed by atoms with Crippen molar-refractivity contribution >= 4 is 38.4 Å². The maximum Gasteiger partial charge on any atom is 0.261 e. The van der Waals surface area contributed by atoms with Gasteiger partial charge in [0.1, 0.15) is 0 Å². The number of amides is 1. The van der Waals surface area contributed by atoms with E-state index in [9.17, 15) is 9.59 Å². The molecule has 0 fully saturated rings. The summed E-state index contributed by atoms with van der Waals surface area (Å²) < 4.78 is 13.7. The maximum atomic E-state index is 12.7. The molecule has 7 nitrogen and oxygen atoms in total. The summed E-state index contributed by atoms with van der Waals surface area (Å²) in [6.45, 7) is 5.46. The molecule has 31 heavy (non-hydrogen) atoms. The van der Waals surface area contributed by atoms with Gasteiger partial charge in [-0.05, 0) is 43.2 Å². The van der Waals surface area contributed by atoms with Crippen LogP contribution in [0.2, 0.25) is 0 Å². The molecule has 0 saturated heterocycles. The van der Waals surface area contributed by atoms with Crippen LogP contribution in [0.1, 0.15) is 33.1 Å². The van der Waals surface area contributed by atoms with Crippen molar-refractivity contribution in [3.63, 3.8) is 0 Å². The number of fused-ring (bicyclic) bond motifs is 1. The van der Waals surface area contributed by atoms with Crippen molar-refractivity contribution in [2.24, 2.45) is 0 Å². The van der Waals surface area contributed by atoms with E-state index in [0.717, 1.165) is 17.3 Å². The lowest BCUT2D eigenvalue weighted by molar-refractivity contribution is -0.116. The van der Waals surface area contributed by atoms with Crippen LogP contribution in [0.3, 0.4) is 0 Å². The van der Waals surface area contributed by atoms with Gasteiger partial charge in [-0.15, -0.1) is 0 Å². The topological polar surface area (TPSA) is 82.5 Å². The number of rotatable bonds is 10. The van der Waals surface area contributed by atoms with E-state index in [1.807, 2.05) is 19.9 Å². The Morgan fingerprint density at radius 3 is 2.55 bits per heavy atom. The molecule has 0 bridgehead atoms. The number of nitrogens with zero attached hydrogens (tertiary/aromatic N) is 2. The van der Waals surface area contributed by atoms with Gasteiger partial charge in [-0.2, -0.15) is 0 Å². The Kier molecular flexibility index (Phi) is 8.06. The molecular formula is C23H26BrN3O4. The number of benzene rings is 2. The first-order valence-corrected chi connectivity index (χ1v) is 11.1. The van der Waals surface area contributed by atoms with Crippen molar-refractivity contribution in [2.45, 2.75) is 39.7 Å². The van der Waals surface area contributed by atoms with E-state index in [0.29, 0.717) is 41.3 Å². The van der Waals surface area contributed by atoms with Crippen LogP contribution in [0.15, 0.2) is 52.0 Å². The molecule has 3 aromatic rings. The molecule has 1 N–H and O–H groups in total. The molecule has 1 amide bonds. The zero-order valence-corrected chi connectivity index (χ0v) is 19.3. The number of ether oxygens (including phenoxy) is 2. The van der Waals surface area contributed by atoms with Crippen LogP contribution in [0.25, 0.3) is 10.9 Å². The van der Waals surface area contributed by atoms with Crippen LogP contribution < -0.4 is 20.3 Å². The molecule has 0 radical (unpaired) electrons. The molecule has 164 valence electrons. The number of aryl methyl sites for hydroxylation is 1. The van der Waals surface area contributed by atoms with Crippen LogP contribution >= 0.6 is 15.9 Å². The lowest BCUT2D eigenvalue weighted by Crippen LogP contribution is -2.23. The summed E-state index contributed by atoms with van der Waals surface area (Å²) in [5.41, 5.74) is 1.07. The second-order valence-corrected chi connectivity index (χ2v) is 7.98. The Hall–Kier alpha value is -2.87. The minimum absolute atomic E-state index is 0.139. The molecule has 0 aliphatic rings. The molecule has 2 aromatic carbocycles. The molecule has 1 heterocycles. The van der Waals surface area contributed by atoms with E-state index in [4.69, 9.17) is 9.47 Å². The van der Waals surface area contributed by atoms with Crippen molar-refractivity contribution in [3.8, 4) is 11.5 Å². The fraction of sp³-hybridized carbons (Fsp3) is 0.348. The zero-order chi connectivity index (χ0) is 22.2. The summed E-state index contributed by atoms with van der Waals surface area (Å²) in [6.07, 6.45) is 3.38. The van der Waals surface area contributed by atoms with Gasteiger partial charge in [0.25, 0.3) is 5.56 Å². The molecule has 1 aromatic heterocycles. The summed E-state index contributed by atoms with van der Waals surface area (Å²) in [5.74, 6) is 1.06. The summed E-state index contributed by atoms with van der Waals surface area (Å²) in [4.78, 5) is 29.4. The smallest absolute Gasteiger partial charge is 0.261 e. The summed E-state index contributed by atoms with van der Waals surface area (Å²) in [5, 5.41) is 3.37. The van der Waals surface area contributed by atoms with E-state index in [1.54, 1.807) is 30.3 Å². The van der Waals surface area contributed by atoms with Gasteiger partial charge in [0.2, 0.25) is 5.91 Å². The first-order chi connectivity index (χ1) is 15.0. The van der Waals surface area contributed by atoms with Crippen LogP contribution in [-0.4, -0.2) is 28.7 Å². The highest BCUT2D eigenvalue weighted by molar-refractivity contribution is 9.10. The first-order valence-electron chi connectivity index (χ1n) is 10.4. The van der Waals surface area contributed by atoms with Gasteiger partial charge in [0.15, 0.2) is 11.5 Å². The Morgan fingerprint density at radius 1 is 1.06 bits per heavy atom. The highest BCUT2D eigenvalue weighted by Crippen LogP contribution is 2.31. The maximum absolute atomic E-state index is 12.7. The number of nitrogens with one attached hydrogen (secondary N) is 1. The van der Waals surface area contributed by atoms with E-state index in [1.165, 1.54) is 10.9 Å². The van der Waals surface area contributed by atoms with Gasteiger partial charge in [-0.25, -0.2) is 4.98 Å². The molecule has 0 saturated carbocycles. The predicted octanol–water partition coefficient (Wildman–Crippen LogP) is 4.77. The van der Waals surface area contributed by atoms with Gasteiger partial charge < -0.3 is 14.8 Å². The minimum Gasteiger partial charge on any atom is -0.490 e.